The molecule has 1 heterocycles. The molecule has 0 aromatic carbocycles. The molecule has 0 saturated carbocycles. The molecule has 0 saturated heterocycles. The minimum absolute atomic E-state index is 0.215. The van der Waals surface area contributed by atoms with E-state index in [-0.39, 0.29) is 15.1 Å². The van der Waals surface area contributed by atoms with Crippen LogP contribution in [0.2, 0.25) is 0 Å². The van der Waals surface area contributed by atoms with Gasteiger partial charge in [-0.25, -0.2) is 8.42 Å². The molecule has 0 amide bonds. The zero-order chi connectivity index (χ0) is 13.3. The van der Waals surface area contributed by atoms with E-state index in [0.717, 1.165) is 18.4 Å². The maximum atomic E-state index is 12.1. The van der Waals surface area contributed by atoms with Crippen LogP contribution in [-0.4, -0.2) is 37.6 Å². The molecule has 17 heavy (non-hydrogen) atoms. The van der Waals surface area contributed by atoms with Crippen molar-refractivity contribution in [3.63, 3.8) is 0 Å². The summed E-state index contributed by atoms with van der Waals surface area (Å²) in [6.45, 7) is -1.88. The second-order valence-electron chi connectivity index (χ2n) is 3.26. The van der Waals surface area contributed by atoms with Gasteiger partial charge in [0.2, 0.25) is 0 Å². The van der Waals surface area contributed by atoms with Crippen LogP contribution in [0.1, 0.15) is 4.88 Å². The van der Waals surface area contributed by atoms with E-state index in [1.807, 2.05) is 0 Å². The molecule has 0 aliphatic heterocycles. The number of sulfonamides is 1. The normalized spacial score (nSPS) is 13.3. The van der Waals surface area contributed by atoms with E-state index in [9.17, 15) is 21.6 Å². The molecule has 1 aromatic rings. The van der Waals surface area contributed by atoms with Crippen LogP contribution >= 0.6 is 11.3 Å². The lowest BCUT2D eigenvalue weighted by Gasteiger charge is -2.17. The van der Waals surface area contributed by atoms with Crippen LogP contribution < -0.4 is 0 Å². The molecule has 0 radical (unpaired) electrons. The summed E-state index contributed by atoms with van der Waals surface area (Å²) in [7, 11) is -3.28. The van der Waals surface area contributed by atoms with Crippen molar-refractivity contribution in [3.8, 4) is 0 Å². The monoisotopic (exact) mass is 289 g/mol. The first-order valence-electron chi connectivity index (χ1n) is 4.39. The Hall–Kier alpha value is -0.640. The lowest BCUT2D eigenvalue weighted by Crippen LogP contribution is -2.35. The van der Waals surface area contributed by atoms with Crippen molar-refractivity contribution in [1.29, 1.82) is 0 Å². The summed E-state index contributed by atoms with van der Waals surface area (Å²) in [5, 5.41) is 8.76. The van der Waals surface area contributed by atoms with E-state index < -0.39 is 22.7 Å². The Morgan fingerprint density at radius 2 is 2.00 bits per heavy atom. The number of aliphatic hydroxyl groups is 1. The number of nitrogens with zero attached hydrogens (tertiary/aromatic N) is 1. The number of aliphatic hydroxyl groups excluding tert-OH is 1. The molecule has 0 unspecified atom stereocenters. The number of hydrogen-bond donors (Lipinski definition) is 1. The fourth-order valence-electron chi connectivity index (χ4n) is 1.07. The number of halogens is 3. The average molecular weight is 289 g/mol. The third kappa shape index (κ3) is 3.66. The molecule has 0 fully saturated rings. The molecule has 0 spiro atoms. The molecule has 9 heteroatoms. The van der Waals surface area contributed by atoms with Crippen molar-refractivity contribution < 1.29 is 26.7 Å². The van der Waals surface area contributed by atoms with E-state index in [2.05, 4.69) is 0 Å². The highest BCUT2D eigenvalue weighted by Crippen LogP contribution is 2.26. The highest BCUT2D eigenvalue weighted by Gasteiger charge is 2.35. The summed E-state index contributed by atoms with van der Waals surface area (Å²) < 4.78 is 59.7. The van der Waals surface area contributed by atoms with Gasteiger partial charge in [0.25, 0.3) is 10.0 Å². The van der Waals surface area contributed by atoms with Crippen molar-refractivity contribution in [1.82, 2.24) is 4.31 Å². The minimum atomic E-state index is -4.58. The highest BCUT2D eigenvalue weighted by molar-refractivity contribution is 7.91. The van der Waals surface area contributed by atoms with Crippen LogP contribution in [0.15, 0.2) is 16.3 Å². The molecule has 98 valence electrons. The first-order valence-corrected chi connectivity index (χ1v) is 6.65. The summed E-state index contributed by atoms with van der Waals surface area (Å²) in [6, 6.07) is 2.54. The van der Waals surface area contributed by atoms with Gasteiger partial charge in [-0.3, -0.25) is 0 Å². The summed E-state index contributed by atoms with van der Waals surface area (Å²) >= 11 is 0.747. The maximum absolute atomic E-state index is 12.1. The van der Waals surface area contributed by atoms with E-state index in [4.69, 9.17) is 5.11 Å². The molecule has 0 atom stereocenters. The van der Waals surface area contributed by atoms with Gasteiger partial charge in [0.1, 0.15) is 10.8 Å². The summed E-state index contributed by atoms with van der Waals surface area (Å²) in [5.41, 5.74) is 0. The number of hydrogen-bond acceptors (Lipinski definition) is 4. The van der Waals surface area contributed by atoms with Crippen LogP contribution in [0.5, 0.6) is 0 Å². The largest absolute Gasteiger partial charge is 0.402 e. The van der Waals surface area contributed by atoms with Gasteiger partial charge < -0.3 is 5.11 Å². The fraction of sp³-hybridized carbons (Fsp3) is 0.500. The van der Waals surface area contributed by atoms with E-state index >= 15 is 0 Å². The smallest absolute Gasteiger partial charge is 0.391 e. The lowest BCUT2D eigenvalue weighted by atomic mass is 10.5. The van der Waals surface area contributed by atoms with Gasteiger partial charge in [0, 0.05) is 11.9 Å². The molecule has 4 nitrogen and oxygen atoms in total. The van der Waals surface area contributed by atoms with Crippen LogP contribution in [-0.2, 0) is 16.6 Å². The van der Waals surface area contributed by atoms with Crippen molar-refractivity contribution in [2.24, 2.45) is 0 Å². The van der Waals surface area contributed by atoms with Gasteiger partial charge in [-0.2, -0.15) is 17.5 Å². The predicted octanol–water partition coefficient (Wildman–Crippen LogP) is 1.42. The predicted molar refractivity (Wildman–Crippen MR) is 56.1 cm³/mol. The molecule has 1 rings (SSSR count). The molecule has 0 aliphatic rings. The Bertz CT molecular complexity index is 480. The zero-order valence-corrected chi connectivity index (χ0v) is 10.4. The zero-order valence-electron chi connectivity index (χ0n) is 8.73. The van der Waals surface area contributed by atoms with E-state index in [0.29, 0.717) is 4.88 Å². The summed E-state index contributed by atoms with van der Waals surface area (Å²) in [5.74, 6) is 0. The topological polar surface area (TPSA) is 57.6 Å². The van der Waals surface area contributed by atoms with Crippen LogP contribution in [0.25, 0.3) is 0 Å². The van der Waals surface area contributed by atoms with Gasteiger partial charge in [-0.1, -0.05) is 0 Å². The van der Waals surface area contributed by atoms with Gasteiger partial charge in [-0.05, 0) is 12.1 Å². The number of alkyl halides is 3. The van der Waals surface area contributed by atoms with Crippen molar-refractivity contribution >= 4 is 21.4 Å². The van der Waals surface area contributed by atoms with E-state index in [1.165, 1.54) is 12.1 Å². The minimum Gasteiger partial charge on any atom is -0.391 e. The first kappa shape index (κ1) is 14.4. The molecule has 0 bridgehead atoms. The van der Waals surface area contributed by atoms with E-state index in [1.54, 1.807) is 0 Å². The SMILES string of the molecule is CN(CC(F)(F)F)S(=O)(=O)c1ccc(CO)s1. The average Bonchev–Trinajstić information content (AvgIpc) is 2.63. The van der Waals surface area contributed by atoms with Gasteiger partial charge in [0.15, 0.2) is 0 Å². The summed E-state index contributed by atoms with van der Waals surface area (Å²) in [6.07, 6.45) is -4.58. The van der Waals surface area contributed by atoms with Crippen LogP contribution in [0.4, 0.5) is 13.2 Å². The Morgan fingerprint density at radius 3 is 2.41 bits per heavy atom. The summed E-state index contributed by atoms with van der Waals surface area (Å²) in [4.78, 5) is 0.379. The Kier molecular flexibility index (Phi) is 4.18. The Morgan fingerprint density at radius 1 is 1.41 bits per heavy atom. The van der Waals surface area contributed by atoms with Crippen LogP contribution in [0, 0.1) is 0 Å². The van der Waals surface area contributed by atoms with Crippen molar-refractivity contribution in [2.75, 3.05) is 13.6 Å². The van der Waals surface area contributed by atoms with Crippen molar-refractivity contribution in [3.05, 3.63) is 17.0 Å². The lowest BCUT2D eigenvalue weighted by molar-refractivity contribution is -0.134. The maximum Gasteiger partial charge on any atom is 0.402 e. The standard InChI is InChI=1S/C8H10F3NO3S2/c1-12(5-8(9,10)11)17(14,15)7-3-2-6(4-13)16-7/h2-3,13H,4-5H2,1H3. The first-order chi connectivity index (χ1) is 7.66. The molecule has 1 N–H and O–H groups in total. The third-order valence-corrected chi connectivity index (χ3v) is 5.20. The molecular weight excluding hydrogens is 279 g/mol. The number of rotatable bonds is 4. The second-order valence-corrected chi connectivity index (χ2v) is 6.70. The van der Waals surface area contributed by atoms with Gasteiger partial charge >= 0.3 is 6.18 Å². The molecular formula is C8H10F3NO3S2. The third-order valence-electron chi connectivity index (χ3n) is 1.86. The Balaban J connectivity index is 2.95. The molecule has 1 aromatic heterocycles. The number of thiophene rings is 1. The molecule has 0 aliphatic carbocycles. The Labute approximate surface area is 100 Å². The quantitative estimate of drug-likeness (QED) is 0.912. The fourth-order valence-corrected chi connectivity index (χ4v) is 3.66. The van der Waals surface area contributed by atoms with Crippen molar-refractivity contribution in [2.45, 2.75) is 17.0 Å². The second kappa shape index (κ2) is 4.92. The van der Waals surface area contributed by atoms with Gasteiger partial charge in [0.05, 0.1) is 6.61 Å². The van der Waals surface area contributed by atoms with Gasteiger partial charge in [-0.15, -0.1) is 11.3 Å². The van der Waals surface area contributed by atoms with Crippen LogP contribution in [0.3, 0.4) is 0 Å². The highest BCUT2D eigenvalue weighted by atomic mass is 32.2.